The van der Waals surface area contributed by atoms with Crippen LogP contribution in [0.3, 0.4) is 0 Å². The maximum absolute atomic E-state index is 10.5. The monoisotopic (exact) mass is 259 g/mol. The van der Waals surface area contributed by atoms with Gasteiger partial charge in [0.2, 0.25) is 0 Å². The van der Waals surface area contributed by atoms with Gasteiger partial charge in [0, 0.05) is 39.1 Å². The first-order valence-electron chi connectivity index (χ1n) is 6.67. The lowest BCUT2D eigenvalue weighted by Gasteiger charge is -2.45. The summed E-state index contributed by atoms with van der Waals surface area (Å²) in [7, 11) is 2.12. The smallest absolute Gasteiger partial charge is 0.0817 e. The Morgan fingerprint density at radius 3 is 2.29 bits per heavy atom. The van der Waals surface area contributed by atoms with Gasteiger partial charge in [-0.3, -0.25) is 0 Å². The molecule has 0 aromatic rings. The highest BCUT2D eigenvalue weighted by molar-refractivity contribution is 7.80. The number of hydrogen-bond donors (Lipinski definition) is 2. The summed E-state index contributed by atoms with van der Waals surface area (Å²) in [5, 5.41) is 10.5. The van der Waals surface area contributed by atoms with E-state index in [9.17, 15) is 5.11 Å². The predicted molar refractivity (Wildman–Crippen MR) is 72.6 cm³/mol. The second kappa shape index (κ2) is 5.47. The van der Waals surface area contributed by atoms with Crippen LogP contribution in [0.4, 0.5) is 0 Å². The van der Waals surface area contributed by atoms with E-state index in [2.05, 4.69) is 24.6 Å². The van der Waals surface area contributed by atoms with Crippen LogP contribution in [0.5, 0.6) is 0 Å². The summed E-state index contributed by atoms with van der Waals surface area (Å²) in [5.41, 5.74) is -0.117. The first-order chi connectivity index (χ1) is 8.08. The fraction of sp³-hybridized carbons (Fsp3) is 1.00. The van der Waals surface area contributed by atoms with Crippen molar-refractivity contribution in [2.75, 3.05) is 39.1 Å². The van der Waals surface area contributed by atoms with Crippen molar-refractivity contribution in [3.63, 3.8) is 0 Å². The molecule has 1 saturated carbocycles. The highest BCUT2D eigenvalue weighted by atomic mass is 32.1. The van der Waals surface area contributed by atoms with E-state index in [0.29, 0.717) is 18.6 Å². The van der Waals surface area contributed by atoms with Gasteiger partial charge in [-0.25, -0.2) is 0 Å². The van der Waals surface area contributed by atoms with Gasteiger partial charge in [-0.15, -0.1) is 0 Å². The Morgan fingerprint density at radius 2 is 1.82 bits per heavy atom. The molecule has 0 amide bonds. The van der Waals surface area contributed by atoms with E-state index in [-0.39, 0.29) is 0 Å². The van der Waals surface area contributed by atoms with E-state index in [1.54, 1.807) is 0 Å². The molecule has 100 valence electrons. The Balaban J connectivity index is 1.81. The predicted octanol–water partition coefficient (Wildman–Crippen LogP) is 1.56. The van der Waals surface area contributed by atoms with Gasteiger partial charge in [0.15, 0.2) is 0 Å². The molecule has 0 bridgehead atoms. The molecule has 3 nitrogen and oxygen atoms in total. The van der Waals surface area contributed by atoms with Gasteiger partial charge in [-0.05, 0) is 31.1 Å². The van der Waals surface area contributed by atoms with Crippen molar-refractivity contribution >= 4 is 12.6 Å². The minimum atomic E-state index is -0.533. The molecule has 0 aromatic heterocycles. The number of nitrogens with zero attached hydrogens (tertiary/aromatic N) is 1. The van der Waals surface area contributed by atoms with Crippen molar-refractivity contribution in [1.82, 2.24) is 4.90 Å². The average molecular weight is 259 g/mol. The molecule has 17 heavy (non-hydrogen) atoms. The number of thiol groups is 1. The quantitative estimate of drug-likeness (QED) is 0.735. The first kappa shape index (κ1) is 13.7. The Kier molecular flexibility index (Phi) is 4.40. The van der Waals surface area contributed by atoms with Crippen molar-refractivity contribution in [2.24, 2.45) is 5.41 Å². The topological polar surface area (TPSA) is 32.7 Å². The van der Waals surface area contributed by atoms with Crippen molar-refractivity contribution in [3.8, 4) is 0 Å². The van der Waals surface area contributed by atoms with Gasteiger partial charge in [-0.2, -0.15) is 12.6 Å². The van der Waals surface area contributed by atoms with Gasteiger partial charge < -0.3 is 14.7 Å². The molecular weight excluding hydrogens is 234 g/mol. The van der Waals surface area contributed by atoms with Crippen LogP contribution in [-0.4, -0.2) is 54.7 Å². The van der Waals surface area contributed by atoms with Crippen molar-refractivity contribution < 1.29 is 9.84 Å². The number of ether oxygens (including phenoxy) is 1. The molecule has 1 heterocycles. The molecule has 1 aliphatic heterocycles. The molecule has 2 aliphatic rings. The maximum Gasteiger partial charge on any atom is 0.0817 e. The minimum Gasteiger partial charge on any atom is -0.388 e. The lowest BCUT2D eigenvalue weighted by Crippen LogP contribution is -2.50. The van der Waals surface area contributed by atoms with Crippen molar-refractivity contribution in [3.05, 3.63) is 0 Å². The standard InChI is InChI=1S/C13H25NO2S/c1-14(9-12(11-17)3-2-4-12)10-13(15)5-7-16-8-6-13/h15,17H,2-11H2,1H3. The zero-order valence-electron chi connectivity index (χ0n) is 10.8. The largest absolute Gasteiger partial charge is 0.388 e. The second-order valence-corrected chi connectivity index (χ2v) is 6.34. The third-order valence-electron chi connectivity index (χ3n) is 4.34. The normalized spacial score (nSPS) is 26.8. The zero-order chi connectivity index (χ0) is 12.4. The summed E-state index contributed by atoms with van der Waals surface area (Å²) in [4.78, 5) is 2.29. The van der Waals surface area contributed by atoms with Gasteiger partial charge in [-0.1, -0.05) is 6.42 Å². The summed E-state index contributed by atoms with van der Waals surface area (Å²) in [6.45, 7) is 3.23. The molecule has 2 rings (SSSR count). The van der Waals surface area contributed by atoms with E-state index in [1.165, 1.54) is 19.3 Å². The summed E-state index contributed by atoms with van der Waals surface area (Å²) in [6.07, 6.45) is 5.47. The van der Waals surface area contributed by atoms with E-state index >= 15 is 0 Å². The molecular formula is C13H25NO2S. The number of aliphatic hydroxyl groups is 1. The third kappa shape index (κ3) is 3.37. The fourth-order valence-electron chi connectivity index (χ4n) is 3.08. The summed E-state index contributed by atoms with van der Waals surface area (Å²) in [6, 6.07) is 0. The van der Waals surface area contributed by atoms with Crippen LogP contribution < -0.4 is 0 Å². The Bertz CT molecular complexity index is 244. The maximum atomic E-state index is 10.5. The van der Waals surface area contributed by atoms with Gasteiger partial charge in [0.25, 0.3) is 0 Å². The second-order valence-electron chi connectivity index (χ2n) is 6.02. The highest BCUT2D eigenvalue weighted by Crippen LogP contribution is 2.42. The Labute approximate surface area is 110 Å². The van der Waals surface area contributed by atoms with Gasteiger partial charge >= 0.3 is 0 Å². The van der Waals surface area contributed by atoms with Crippen molar-refractivity contribution in [1.29, 1.82) is 0 Å². The lowest BCUT2D eigenvalue weighted by atomic mass is 9.70. The highest BCUT2D eigenvalue weighted by Gasteiger charge is 2.38. The summed E-state index contributed by atoms with van der Waals surface area (Å²) >= 11 is 4.48. The molecule has 4 heteroatoms. The summed E-state index contributed by atoms with van der Waals surface area (Å²) in [5.74, 6) is 0.971. The fourth-order valence-corrected chi connectivity index (χ4v) is 3.50. The van der Waals surface area contributed by atoms with Crippen LogP contribution in [-0.2, 0) is 4.74 Å². The first-order valence-corrected chi connectivity index (χ1v) is 7.30. The molecule has 0 aromatic carbocycles. The molecule has 1 aliphatic carbocycles. The van der Waals surface area contributed by atoms with E-state index < -0.39 is 5.60 Å². The molecule has 0 spiro atoms. The van der Waals surface area contributed by atoms with Crippen LogP contribution >= 0.6 is 12.6 Å². The lowest BCUT2D eigenvalue weighted by molar-refractivity contribution is -0.0819. The number of likely N-dealkylation sites (N-methyl/N-ethyl adjacent to an activating group) is 1. The molecule has 1 N–H and O–H groups in total. The molecule has 0 unspecified atom stereocenters. The minimum absolute atomic E-state index is 0.416. The SMILES string of the molecule is CN(CC1(O)CCOCC1)CC1(CS)CCC1. The Morgan fingerprint density at radius 1 is 1.18 bits per heavy atom. The van der Waals surface area contributed by atoms with Gasteiger partial charge in [0.1, 0.15) is 0 Å². The molecule has 1 saturated heterocycles. The van der Waals surface area contributed by atoms with E-state index in [4.69, 9.17) is 4.74 Å². The van der Waals surface area contributed by atoms with Crippen LogP contribution in [0.15, 0.2) is 0 Å². The van der Waals surface area contributed by atoms with Crippen LogP contribution in [0.25, 0.3) is 0 Å². The van der Waals surface area contributed by atoms with E-state index in [0.717, 1.165) is 31.7 Å². The third-order valence-corrected chi connectivity index (χ3v) is 5.01. The zero-order valence-corrected chi connectivity index (χ0v) is 11.7. The average Bonchev–Trinajstić information content (AvgIpc) is 2.24. The number of rotatable bonds is 5. The Hall–Kier alpha value is 0.230. The van der Waals surface area contributed by atoms with Crippen LogP contribution in [0.1, 0.15) is 32.1 Å². The van der Waals surface area contributed by atoms with E-state index in [1.807, 2.05) is 0 Å². The molecule has 0 atom stereocenters. The number of hydrogen-bond acceptors (Lipinski definition) is 4. The van der Waals surface area contributed by atoms with Gasteiger partial charge in [0.05, 0.1) is 5.60 Å². The van der Waals surface area contributed by atoms with Crippen molar-refractivity contribution in [2.45, 2.75) is 37.7 Å². The van der Waals surface area contributed by atoms with Crippen LogP contribution in [0, 0.1) is 5.41 Å². The molecule has 0 radical (unpaired) electrons. The summed E-state index contributed by atoms with van der Waals surface area (Å²) < 4.78 is 5.31. The van der Waals surface area contributed by atoms with Crippen LogP contribution in [0.2, 0.25) is 0 Å². The molecule has 2 fully saturated rings.